The largest absolute Gasteiger partial charge is 0.297 e. The maximum atomic E-state index is 10.3. The molecule has 0 aliphatic carbocycles. The van der Waals surface area contributed by atoms with Gasteiger partial charge in [0.1, 0.15) is 6.10 Å². The number of carbonyl (C=O) groups is 1. The highest BCUT2D eigenvalue weighted by Gasteiger charge is 2.07. The lowest BCUT2D eigenvalue weighted by Crippen LogP contribution is -2.16. The molecule has 0 radical (unpaired) electrons. The topological polar surface area (TPSA) is 60.4 Å². The normalized spacial score (nSPS) is 13.7. The second-order valence-electron chi connectivity index (χ2n) is 1.58. The molecule has 5 heteroatoms. The van der Waals surface area contributed by atoms with Gasteiger partial charge in [0.15, 0.2) is 5.78 Å². The van der Waals surface area contributed by atoms with Gasteiger partial charge >= 0.3 is 0 Å². The molecule has 4 nitrogen and oxygen atoms in total. The zero-order valence-electron chi connectivity index (χ0n) is 5.16. The van der Waals surface area contributed by atoms with Crippen molar-refractivity contribution in [2.24, 2.45) is 0 Å². The molecule has 1 atom stereocenters. The molecule has 0 aliphatic heterocycles. The van der Waals surface area contributed by atoms with Crippen molar-refractivity contribution in [1.82, 2.24) is 0 Å². The van der Waals surface area contributed by atoms with Crippen LogP contribution in [0.25, 0.3) is 0 Å². The minimum Gasteiger partial charge on any atom is -0.297 e. The van der Waals surface area contributed by atoms with E-state index in [9.17, 15) is 13.2 Å². The third-order valence-corrected chi connectivity index (χ3v) is 1.31. The zero-order valence-corrected chi connectivity index (χ0v) is 6.05. The number of rotatable bonds is 3. The minimum atomic E-state index is -2.89. The molecule has 0 amide bonds. The van der Waals surface area contributed by atoms with E-state index in [1.54, 1.807) is 0 Å². The van der Waals surface area contributed by atoms with Crippen LogP contribution < -0.4 is 0 Å². The van der Waals surface area contributed by atoms with E-state index in [0.29, 0.717) is 0 Å². The highest BCUT2D eigenvalue weighted by Crippen LogP contribution is 1.90. The Balaban J connectivity index is 3.77. The first-order chi connectivity index (χ1) is 4.04. The van der Waals surface area contributed by atoms with Gasteiger partial charge in [-0.3, -0.25) is 8.98 Å². The van der Waals surface area contributed by atoms with E-state index in [1.807, 2.05) is 0 Å². The Hall–Kier alpha value is -0.420. The van der Waals surface area contributed by atoms with Crippen LogP contribution in [-0.4, -0.2) is 20.3 Å². The lowest BCUT2D eigenvalue weighted by atomic mass is 10.3. The SMILES string of the molecule is CC(=O)C(C)O[SH](=O)=O. The molecule has 0 heterocycles. The van der Waals surface area contributed by atoms with E-state index in [0.717, 1.165) is 0 Å². The van der Waals surface area contributed by atoms with Crippen molar-refractivity contribution in [3.8, 4) is 0 Å². The molecule has 54 valence electrons. The van der Waals surface area contributed by atoms with Crippen molar-refractivity contribution in [2.75, 3.05) is 0 Å². The van der Waals surface area contributed by atoms with E-state index < -0.39 is 17.1 Å². The molecule has 0 saturated carbocycles. The van der Waals surface area contributed by atoms with E-state index in [-0.39, 0.29) is 5.78 Å². The lowest BCUT2D eigenvalue weighted by molar-refractivity contribution is -0.122. The third kappa shape index (κ3) is 4.11. The van der Waals surface area contributed by atoms with Crippen LogP contribution in [-0.2, 0) is 20.0 Å². The molecule has 0 spiro atoms. The summed E-state index contributed by atoms with van der Waals surface area (Å²) in [4.78, 5) is 10.3. The average molecular weight is 152 g/mol. The second kappa shape index (κ2) is 3.58. The van der Waals surface area contributed by atoms with Crippen molar-refractivity contribution >= 4 is 16.8 Å². The molecule has 9 heavy (non-hydrogen) atoms. The maximum absolute atomic E-state index is 10.3. The van der Waals surface area contributed by atoms with Crippen molar-refractivity contribution in [3.63, 3.8) is 0 Å². The summed E-state index contributed by atoms with van der Waals surface area (Å²) in [5.41, 5.74) is 0. The van der Waals surface area contributed by atoms with E-state index in [4.69, 9.17) is 0 Å². The number of hydrogen-bond donors (Lipinski definition) is 1. The Morgan fingerprint density at radius 1 is 1.56 bits per heavy atom. The first-order valence-electron chi connectivity index (χ1n) is 2.35. The Labute approximate surface area is 55.0 Å². The van der Waals surface area contributed by atoms with Crippen molar-refractivity contribution in [2.45, 2.75) is 20.0 Å². The highest BCUT2D eigenvalue weighted by molar-refractivity contribution is 7.67. The number of Topliss-reactive ketones (excluding diaryl/α,β-unsaturated/α-hetero) is 1. The van der Waals surface area contributed by atoms with Crippen LogP contribution in [0.15, 0.2) is 0 Å². The standard InChI is InChI=1S/C4H8O4S/c1-3(5)4(2)8-9(6)7/h4,9H,1-2H3. The second-order valence-corrected chi connectivity index (χ2v) is 2.24. The average Bonchev–Trinajstić information content (AvgIpc) is 1.63. The fourth-order valence-electron chi connectivity index (χ4n) is 0.203. The molecule has 0 bridgehead atoms. The quantitative estimate of drug-likeness (QED) is 0.554. The van der Waals surface area contributed by atoms with Gasteiger partial charge in [-0.05, 0) is 13.8 Å². The van der Waals surface area contributed by atoms with Crippen molar-refractivity contribution in [1.29, 1.82) is 0 Å². The molecular formula is C4H8O4S. The molecular weight excluding hydrogens is 144 g/mol. The smallest absolute Gasteiger partial charge is 0.257 e. The van der Waals surface area contributed by atoms with Gasteiger partial charge in [0.2, 0.25) is 0 Å². The summed E-state index contributed by atoms with van der Waals surface area (Å²) in [7, 11) is -2.89. The summed E-state index contributed by atoms with van der Waals surface area (Å²) in [6, 6.07) is 0. The minimum absolute atomic E-state index is 0.297. The summed E-state index contributed by atoms with van der Waals surface area (Å²) < 4.78 is 23.7. The summed E-state index contributed by atoms with van der Waals surface area (Å²) >= 11 is 0. The maximum Gasteiger partial charge on any atom is 0.257 e. The first kappa shape index (κ1) is 8.58. The number of hydrogen-bond acceptors (Lipinski definition) is 4. The van der Waals surface area contributed by atoms with Gasteiger partial charge in [-0.25, -0.2) is 8.42 Å². The van der Waals surface area contributed by atoms with Gasteiger partial charge in [-0.1, -0.05) is 0 Å². The van der Waals surface area contributed by atoms with Gasteiger partial charge in [0, 0.05) is 0 Å². The van der Waals surface area contributed by atoms with Crippen LogP contribution in [0.3, 0.4) is 0 Å². The third-order valence-electron chi connectivity index (χ3n) is 0.817. The van der Waals surface area contributed by atoms with Gasteiger partial charge in [0.25, 0.3) is 11.0 Å². The van der Waals surface area contributed by atoms with E-state index in [1.165, 1.54) is 13.8 Å². The van der Waals surface area contributed by atoms with Crippen LogP contribution in [0.5, 0.6) is 0 Å². The van der Waals surface area contributed by atoms with Crippen molar-refractivity contribution < 1.29 is 17.4 Å². The fourth-order valence-corrected chi connectivity index (χ4v) is 0.610. The number of ketones is 1. The molecule has 0 aromatic rings. The molecule has 0 rings (SSSR count). The Bertz CT molecular complexity index is 163. The molecule has 0 aromatic carbocycles. The van der Waals surface area contributed by atoms with Crippen LogP contribution in [0.4, 0.5) is 0 Å². The first-order valence-corrected chi connectivity index (χ1v) is 3.45. The summed E-state index contributed by atoms with van der Waals surface area (Å²) in [5.74, 6) is -0.297. The zero-order chi connectivity index (χ0) is 7.44. The Morgan fingerprint density at radius 3 is 2.11 bits per heavy atom. The number of carbonyl (C=O) groups excluding carboxylic acids is 1. The Kier molecular flexibility index (Phi) is 3.41. The fraction of sp³-hybridized carbons (Fsp3) is 0.750. The predicted octanol–water partition coefficient (Wildman–Crippen LogP) is -0.493. The molecule has 0 N–H and O–H groups in total. The Morgan fingerprint density at radius 2 is 2.00 bits per heavy atom. The van der Waals surface area contributed by atoms with Gasteiger partial charge < -0.3 is 0 Å². The summed E-state index contributed by atoms with van der Waals surface area (Å²) in [6.07, 6.45) is -0.842. The molecule has 0 aromatic heterocycles. The predicted molar refractivity (Wildman–Crippen MR) is 31.5 cm³/mol. The summed E-state index contributed by atoms with van der Waals surface area (Å²) in [5, 5.41) is 0. The van der Waals surface area contributed by atoms with Gasteiger partial charge in [-0.2, -0.15) is 0 Å². The highest BCUT2D eigenvalue weighted by atomic mass is 32.2. The van der Waals surface area contributed by atoms with E-state index >= 15 is 0 Å². The molecule has 0 fully saturated rings. The lowest BCUT2D eigenvalue weighted by Gasteiger charge is -1.99. The summed E-state index contributed by atoms with van der Waals surface area (Å²) in [6.45, 7) is 2.65. The van der Waals surface area contributed by atoms with Gasteiger partial charge in [0.05, 0.1) is 0 Å². The van der Waals surface area contributed by atoms with Crippen LogP contribution in [0.2, 0.25) is 0 Å². The van der Waals surface area contributed by atoms with E-state index in [2.05, 4.69) is 4.18 Å². The number of thiol groups is 1. The molecule has 0 saturated heterocycles. The van der Waals surface area contributed by atoms with Crippen molar-refractivity contribution in [3.05, 3.63) is 0 Å². The van der Waals surface area contributed by atoms with Crippen LogP contribution in [0.1, 0.15) is 13.8 Å². The molecule has 0 aliphatic rings. The van der Waals surface area contributed by atoms with Gasteiger partial charge in [-0.15, -0.1) is 0 Å². The monoisotopic (exact) mass is 152 g/mol. The van der Waals surface area contributed by atoms with Crippen LogP contribution in [0, 0.1) is 0 Å². The van der Waals surface area contributed by atoms with Crippen LogP contribution >= 0.6 is 0 Å². The molecule has 1 unspecified atom stereocenters.